The summed E-state index contributed by atoms with van der Waals surface area (Å²) >= 11 is 0. The van der Waals surface area contributed by atoms with Crippen LogP contribution in [0, 0.1) is 6.92 Å². The van der Waals surface area contributed by atoms with Gasteiger partial charge in [-0.25, -0.2) is 0 Å². The zero-order chi connectivity index (χ0) is 8.97. The summed E-state index contributed by atoms with van der Waals surface area (Å²) in [6, 6.07) is 7.81. The van der Waals surface area contributed by atoms with E-state index in [2.05, 4.69) is 5.10 Å². The van der Waals surface area contributed by atoms with Crippen LogP contribution in [0.5, 0.6) is 0 Å². The number of rotatable bonds is 1. The Kier molecular flexibility index (Phi) is 2.69. The highest BCUT2D eigenvalue weighted by molar-refractivity contribution is 5.93. The van der Waals surface area contributed by atoms with Crippen LogP contribution in [-0.2, 0) is 4.74 Å². The summed E-state index contributed by atoms with van der Waals surface area (Å²) in [4.78, 5) is 0. The second kappa shape index (κ2) is 3.76. The minimum atomic E-state index is 0.454. The van der Waals surface area contributed by atoms with Crippen LogP contribution >= 0.6 is 0 Å². The van der Waals surface area contributed by atoms with Gasteiger partial charge in [-0.15, -0.1) is 5.10 Å². The average Bonchev–Trinajstić information content (AvgIpc) is 2.10. The lowest BCUT2D eigenvalue weighted by Gasteiger charge is -2.02. The first-order valence-corrected chi connectivity index (χ1v) is 3.67. The van der Waals surface area contributed by atoms with Crippen LogP contribution in [0.25, 0.3) is 0 Å². The van der Waals surface area contributed by atoms with E-state index in [1.807, 2.05) is 31.2 Å². The van der Waals surface area contributed by atoms with E-state index in [0.29, 0.717) is 5.90 Å². The fourth-order valence-electron chi connectivity index (χ4n) is 0.941. The van der Waals surface area contributed by atoms with Crippen molar-refractivity contribution in [1.82, 2.24) is 0 Å². The molecule has 3 heteroatoms. The summed E-state index contributed by atoms with van der Waals surface area (Å²) in [5, 5.41) is 3.50. The third kappa shape index (κ3) is 1.75. The summed E-state index contributed by atoms with van der Waals surface area (Å²) in [6.07, 6.45) is 0. The smallest absolute Gasteiger partial charge is 0.237 e. The van der Waals surface area contributed by atoms with Crippen molar-refractivity contribution in [2.24, 2.45) is 10.9 Å². The standard InChI is InChI=1S/C9H12N2O/c1-7-3-5-8(6-4-7)9(11-10)12-2/h3-6H,10H2,1-2H3/b11-9+. The first kappa shape index (κ1) is 8.59. The Morgan fingerprint density at radius 1 is 1.33 bits per heavy atom. The maximum atomic E-state index is 5.12. The second-order valence-corrected chi connectivity index (χ2v) is 2.50. The van der Waals surface area contributed by atoms with Gasteiger partial charge in [-0.3, -0.25) is 0 Å². The van der Waals surface area contributed by atoms with Crippen LogP contribution in [0.3, 0.4) is 0 Å². The number of ether oxygens (including phenoxy) is 1. The molecule has 0 radical (unpaired) electrons. The largest absolute Gasteiger partial charge is 0.480 e. The number of nitrogens with two attached hydrogens (primary N) is 1. The Morgan fingerprint density at radius 2 is 1.92 bits per heavy atom. The van der Waals surface area contributed by atoms with Gasteiger partial charge in [0.1, 0.15) is 0 Å². The Balaban J connectivity index is 2.96. The maximum Gasteiger partial charge on any atom is 0.237 e. The number of hydrazone groups is 1. The van der Waals surface area contributed by atoms with E-state index in [4.69, 9.17) is 10.6 Å². The van der Waals surface area contributed by atoms with Crippen molar-refractivity contribution in [2.45, 2.75) is 6.92 Å². The van der Waals surface area contributed by atoms with Crippen molar-refractivity contribution < 1.29 is 4.74 Å². The quantitative estimate of drug-likeness (QED) is 0.294. The van der Waals surface area contributed by atoms with Crippen molar-refractivity contribution in [3.8, 4) is 0 Å². The minimum Gasteiger partial charge on any atom is -0.480 e. The first-order valence-electron chi connectivity index (χ1n) is 3.67. The summed E-state index contributed by atoms with van der Waals surface area (Å²) in [7, 11) is 1.55. The lowest BCUT2D eigenvalue weighted by molar-refractivity contribution is 0.403. The molecule has 0 aliphatic rings. The summed E-state index contributed by atoms with van der Waals surface area (Å²) < 4.78 is 4.95. The van der Waals surface area contributed by atoms with E-state index in [9.17, 15) is 0 Å². The van der Waals surface area contributed by atoms with Crippen molar-refractivity contribution >= 4 is 5.90 Å². The SMILES string of the molecule is CO/C(=N/N)c1ccc(C)cc1. The maximum absolute atomic E-state index is 5.12. The third-order valence-electron chi connectivity index (χ3n) is 1.61. The molecule has 1 rings (SSSR count). The molecule has 12 heavy (non-hydrogen) atoms. The zero-order valence-electron chi connectivity index (χ0n) is 7.24. The first-order chi connectivity index (χ1) is 5.77. The third-order valence-corrected chi connectivity index (χ3v) is 1.61. The molecule has 64 valence electrons. The lowest BCUT2D eigenvalue weighted by Crippen LogP contribution is -2.06. The molecule has 0 aromatic heterocycles. The fourth-order valence-corrected chi connectivity index (χ4v) is 0.941. The van der Waals surface area contributed by atoms with Crippen LogP contribution in [0.2, 0.25) is 0 Å². The molecule has 0 bridgehead atoms. The molecule has 1 aromatic rings. The molecule has 0 saturated heterocycles. The van der Waals surface area contributed by atoms with Gasteiger partial charge in [0.25, 0.3) is 0 Å². The van der Waals surface area contributed by atoms with Crippen molar-refractivity contribution in [1.29, 1.82) is 0 Å². The fraction of sp³-hybridized carbons (Fsp3) is 0.222. The Bertz CT molecular complexity index is 277. The predicted molar refractivity (Wildman–Crippen MR) is 48.9 cm³/mol. The van der Waals surface area contributed by atoms with Crippen LogP contribution in [0.4, 0.5) is 0 Å². The number of aryl methyl sites for hydroxylation is 1. The van der Waals surface area contributed by atoms with E-state index >= 15 is 0 Å². The summed E-state index contributed by atoms with van der Waals surface area (Å²) in [5.41, 5.74) is 2.09. The van der Waals surface area contributed by atoms with Gasteiger partial charge in [0.2, 0.25) is 5.90 Å². The molecule has 0 fully saturated rings. The Labute approximate surface area is 71.8 Å². The van der Waals surface area contributed by atoms with Gasteiger partial charge in [0.15, 0.2) is 0 Å². The van der Waals surface area contributed by atoms with Crippen molar-refractivity contribution in [3.63, 3.8) is 0 Å². The van der Waals surface area contributed by atoms with Crippen LogP contribution < -0.4 is 5.84 Å². The summed E-state index contributed by atoms with van der Waals surface area (Å²) in [5.74, 6) is 5.57. The van der Waals surface area contributed by atoms with E-state index in [1.54, 1.807) is 7.11 Å². The van der Waals surface area contributed by atoms with E-state index in [0.717, 1.165) is 5.56 Å². The Hall–Kier alpha value is -1.51. The summed E-state index contributed by atoms with van der Waals surface area (Å²) in [6.45, 7) is 2.02. The monoisotopic (exact) mass is 164 g/mol. The van der Waals surface area contributed by atoms with Crippen LogP contribution in [0.15, 0.2) is 29.4 Å². The van der Waals surface area contributed by atoms with E-state index in [1.165, 1.54) is 5.56 Å². The number of benzene rings is 1. The van der Waals surface area contributed by atoms with Gasteiger partial charge < -0.3 is 10.6 Å². The highest BCUT2D eigenvalue weighted by Crippen LogP contribution is 2.04. The number of hydrogen-bond donors (Lipinski definition) is 1. The minimum absolute atomic E-state index is 0.454. The molecule has 0 spiro atoms. The van der Waals surface area contributed by atoms with Gasteiger partial charge in [-0.05, 0) is 19.1 Å². The molecule has 0 aliphatic heterocycles. The molecule has 0 heterocycles. The number of hydrogen-bond acceptors (Lipinski definition) is 3. The van der Waals surface area contributed by atoms with Gasteiger partial charge in [0.05, 0.1) is 7.11 Å². The molecule has 0 saturated carbocycles. The van der Waals surface area contributed by atoms with Gasteiger partial charge >= 0.3 is 0 Å². The molecule has 2 N–H and O–H groups in total. The van der Waals surface area contributed by atoms with Gasteiger partial charge in [-0.1, -0.05) is 17.7 Å². The normalized spacial score (nSPS) is 11.3. The van der Waals surface area contributed by atoms with Crippen molar-refractivity contribution in [3.05, 3.63) is 35.4 Å². The molecule has 0 atom stereocenters. The number of methoxy groups -OCH3 is 1. The average molecular weight is 164 g/mol. The highest BCUT2D eigenvalue weighted by atomic mass is 16.5. The molecule has 0 unspecified atom stereocenters. The lowest BCUT2D eigenvalue weighted by atomic mass is 10.1. The van der Waals surface area contributed by atoms with Crippen molar-refractivity contribution in [2.75, 3.05) is 7.11 Å². The molecule has 3 nitrogen and oxygen atoms in total. The van der Waals surface area contributed by atoms with Crippen LogP contribution in [0.1, 0.15) is 11.1 Å². The predicted octanol–water partition coefficient (Wildman–Crippen LogP) is 1.26. The molecular formula is C9H12N2O. The molecular weight excluding hydrogens is 152 g/mol. The zero-order valence-corrected chi connectivity index (χ0v) is 7.24. The van der Waals surface area contributed by atoms with E-state index < -0.39 is 0 Å². The molecule has 0 aliphatic carbocycles. The van der Waals surface area contributed by atoms with Gasteiger partial charge in [0, 0.05) is 5.56 Å². The molecule has 0 amide bonds. The molecule has 1 aromatic carbocycles. The highest BCUT2D eigenvalue weighted by Gasteiger charge is 2.00. The van der Waals surface area contributed by atoms with Gasteiger partial charge in [-0.2, -0.15) is 0 Å². The van der Waals surface area contributed by atoms with Crippen LogP contribution in [-0.4, -0.2) is 13.0 Å². The Morgan fingerprint density at radius 3 is 2.33 bits per heavy atom. The topological polar surface area (TPSA) is 47.6 Å². The number of nitrogens with zero attached hydrogens (tertiary/aromatic N) is 1. The van der Waals surface area contributed by atoms with E-state index in [-0.39, 0.29) is 0 Å². The second-order valence-electron chi connectivity index (χ2n) is 2.50.